The fourth-order valence-corrected chi connectivity index (χ4v) is 1.64. The number of hydrogen-bond donors (Lipinski definition) is 1. The van der Waals surface area contributed by atoms with Gasteiger partial charge in [0.25, 0.3) is 0 Å². The van der Waals surface area contributed by atoms with Gasteiger partial charge in [0.2, 0.25) is 0 Å². The van der Waals surface area contributed by atoms with E-state index in [1.54, 1.807) is 6.07 Å². The number of phenolic OH excluding ortho intramolecular Hbond substituents is 1. The van der Waals surface area contributed by atoms with Gasteiger partial charge in [-0.25, -0.2) is 0 Å². The van der Waals surface area contributed by atoms with E-state index in [9.17, 15) is 5.11 Å². The molecule has 86 valence electrons. The second kappa shape index (κ2) is 5.61. The van der Waals surface area contributed by atoms with Gasteiger partial charge in [-0.3, -0.25) is 0 Å². The van der Waals surface area contributed by atoms with E-state index in [1.165, 1.54) is 5.56 Å². The Balaban J connectivity index is 2.87. The predicted molar refractivity (Wildman–Crippen MR) is 68.5 cm³/mol. The molecule has 0 aromatic heterocycles. The van der Waals surface area contributed by atoms with Gasteiger partial charge in [0, 0.05) is 12.3 Å². The van der Waals surface area contributed by atoms with Crippen LogP contribution in [0.5, 0.6) is 5.75 Å². The Bertz CT molecular complexity index is 409. The normalized spacial score (nSPS) is 13.8. The summed E-state index contributed by atoms with van der Waals surface area (Å²) < 4.78 is 0. The highest BCUT2D eigenvalue weighted by atomic mass is 16.3. The monoisotopic (exact) mass is 216 g/mol. The molecule has 1 aromatic carbocycles. The molecular formula is C15H20O. The van der Waals surface area contributed by atoms with Crippen LogP contribution >= 0.6 is 0 Å². The summed E-state index contributed by atoms with van der Waals surface area (Å²) in [6.45, 7) is 8.32. The van der Waals surface area contributed by atoms with Crippen LogP contribution in [0, 0.1) is 24.7 Å². The van der Waals surface area contributed by atoms with Gasteiger partial charge in [0.1, 0.15) is 5.75 Å². The molecule has 0 radical (unpaired) electrons. The second-order valence-corrected chi connectivity index (χ2v) is 4.30. The molecule has 2 unspecified atom stereocenters. The van der Waals surface area contributed by atoms with Gasteiger partial charge >= 0.3 is 0 Å². The van der Waals surface area contributed by atoms with Crippen LogP contribution < -0.4 is 0 Å². The lowest BCUT2D eigenvalue weighted by molar-refractivity contribution is 0.470. The fourth-order valence-electron chi connectivity index (χ4n) is 1.64. The molecule has 0 heterocycles. The number of phenols is 1. The minimum atomic E-state index is 0.351. The molecule has 0 aliphatic heterocycles. The first kappa shape index (κ1) is 12.6. The lowest BCUT2D eigenvalue weighted by Gasteiger charge is -2.16. The number of rotatable bonds is 2. The van der Waals surface area contributed by atoms with E-state index >= 15 is 0 Å². The summed E-state index contributed by atoms with van der Waals surface area (Å²) >= 11 is 0. The topological polar surface area (TPSA) is 20.2 Å². The second-order valence-electron chi connectivity index (χ2n) is 4.30. The molecule has 0 bridgehead atoms. The van der Waals surface area contributed by atoms with Crippen molar-refractivity contribution in [3.05, 3.63) is 29.3 Å². The van der Waals surface area contributed by atoms with Crippen LogP contribution in [0.15, 0.2) is 18.2 Å². The molecule has 16 heavy (non-hydrogen) atoms. The minimum absolute atomic E-state index is 0.351. The third kappa shape index (κ3) is 3.03. The molecule has 0 amide bonds. The quantitative estimate of drug-likeness (QED) is 0.744. The first-order valence-electron chi connectivity index (χ1n) is 5.84. The molecule has 1 nitrogen and oxygen atoms in total. The average molecular weight is 216 g/mol. The molecule has 0 aliphatic rings. The van der Waals surface area contributed by atoms with Crippen molar-refractivity contribution in [2.75, 3.05) is 0 Å². The van der Waals surface area contributed by atoms with Gasteiger partial charge in [-0.1, -0.05) is 38.8 Å². The summed E-state index contributed by atoms with van der Waals surface area (Å²) in [5, 5.41) is 9.48. The zero-order valence-corrected chi connectivity index (χ0v) is 10.5. The smallest absolute Gasteiger partial charge is 0.118 e. The molecular weight excluding hydrogens is 196 g/mol. The summed E-state index contributed by atoms with van der Waals surface area (Å²) in [6, 6.07) is 5.79. The molecule has 0 saturated heterocycles. The summed E-state index contributed by atoms with van der Waals surface area (Å²) in [5.74, 6) is 7.49. The maximum absolute atomic E-state index is 9.48. The molecule has 0 aliphatic carbocycles. The van der Waals surface area contributed by atoms with Crippen LogP contribution in [0.2, 0.25) is 0 Å². The van der Waals surface area contributed by atoms with Crippen LogP contribution in [-0.2, 0) is 0 Å². The Hall–Kier alpha value is -1.42. The van der Waals surface area contributed by atoms with Crippen molar-refractivity contribution in [2.24, 2.45) is 5.92 Å². The highest BCUT2D eigenvalue weighted by Crippen LogP contribution is 2.27. The molecule has 1 aromatic rings. The first-order chi connectivity index (χ1) is 7.56. The molecule has 1 heteroatoms. The van der Waals surface area contributed by atoms with Gasteiger partial charge in [-0.05, 0) is 30.0 Å². The van der Waals surface area contributed by atoms with E-state index in [1.807, 2.05) is 19.1 Å². The van der Waals surface area contributed by atoms with Gasteiger partial charge < -0.3 is 5.11 Å². The highest BCUT2D eigenvalue weighted by Gasteiger charge is 2.12. The van der Waals surface area contributed by atoms with Crippen molar-refractivity contribution in [1.82, 2.24) is 0 Å². The summed E-state index contributed by atoms with van der Waals surface area (Å²) in [5.41, 5.74) is 2.17. The minimum Gasteiger partial charge on any atom is -0.508 e. The lowest BCUT2D eigenvalue weighted by Crippen LogP contribution is -2.04. The van der Waals surface area contributed by atoms with Crippen LogP contribution in [-0.4, -0.2) is 5.11 Å². The molecule has 0 spiro atoms. The fraction of sp³-hybridized carbons (Fsp3) is 0.467. The Morgan fingerprint density at radius 1 is 1.31 bits per heavy atom. The zero-order valence-electron chi connectivity index (χ0n) is 10.5. The van der Waals surface area contributed by atoms with Crippen LogP contribution in [0.25, 0.3) is 0 Å². The van der Waals surface area contributed by atoms with E-state index in [0.717, 1.165) is 12.0 Å². The van der Waals surface area contributed by atoms with Crippen LogP contribution in [0.4, 0.5) is 0 Å². The van der Waals surface area contributed by atoms with Crippen LogP contribution in [0.3, 0.4) is 0 Å². The number of hydrogen-bond acceptors (Lipinski definition) is 1. The van der Waals surface area contributed by atoms with Gasteiger partial charge in [-0.2, -0.15) is 0 Å². The predicted octanol–water partition coefficient (Wildman–Crippen LogP) is 3.85. The molecule has 2 atom stereocenters. The molecule has 0 saturated carbocycles. The van der Waals surface area contributed by atoms with Crippen molar-refractivity contribution in [2.45, 2.75) is 40.0 Å². The Morgan fingerprint density at radius 3 is 2.56 bits per heavy atom. The van der Waals surface area contributed by atoms with E-state index < -0.39 is 0 Å². The van der Waals surface area contributed by atoms with Gasteiger partial charge in [0.05, 0.1) is 0 Å². The van der Waals surface area contributed by atoms with Crippen molar-refractivity contribution >= 4 is 0 Å². The van der Waals surface area contributed by atoms with Crippen molar-refractivity contribution in [3.8, 4) is 17.6 Å². The van der Waals surface area contributed by atoms with Gasteiger partial charge in [0.15, 0.2) is 0 Å². The largest absolute Gasteiger partial charge is 0.508 e. The standard InChI is InChI=1S/C15H20O/c1-5-6-7-11(2)13(4)14-8-9-15(16)12(3)10-14/h8-11,13,16H,5H2,1-4H3. The first-order valence-corrected chi connectivity index (χ1v) is 5.84. The van der Waals surface area contributed by atoms with E-state index in [4.69, 9.17) is 0 Å². The Kier molecular flexibility index (Phi) is 4.43. The molecule has 1 rings (SSSR count). The van der Waals surface area contributed by atoms with E-state index in [-0.39, 0.29) is 0 Å². The zero-order chi connectivity index (χ0) is 12.1. The van der Waals surface area contributed by atoms with Crippen molar-refractivity contribution in [1.29, 1.82) is 0 Å². The molecule has 0 fully saturated rings. The van der Waals surface area contributed by atoms with Crippen LogP contribution in [0.1, 0.15) is 44.2 Å². The Labute approximate surface area is 98.5 Å². The van der Waals surface area contributed by atoms with Gasteiger partial charge in [-0.15, -0.1) is 5.92 Å². The van der Waals surface area contributed by atoms with E-state index in [0.29, 0.717) is 17.6 Å². The maximum Gasteiger partial charge on any atom is 0.118 e. The van der Waals surface area contributed by atoms with Crippen molar-refractivity contribution < 1.29 is 5.11 Å². The highest BCUT2D eigenvalue weighted by molar-refractivity contribution is 5.37. The number of aromatic hydroxyl groups is 1. The van der Waals surface area contributed by atoms with Crippen molar-refractivity contribution in [3.63, 3.8) is 0 Å². The third-order valence-corrected chi connectivity index (χ3v) is 3.00. The lowest BCUT2D eigenvalue weighted by atomic mass is 9.88. The van der Waals surface area contributed by atoms with E-state index in [2.05, 4.69) is 32.6 Å². The number of benzene rings is 1. The summed E-state index contributed by atoms with van der Waals surface area (Å²) in [4.78, 5) is 0. The number of aryl methyl sites for hydroxylation is 1. The Morgan fingerprint density at radius 2 is 2.00 bits per heavy atom. The molecule has 1 N–H and O–H groups in total. The average Bonchev–Trinajstić information content (AvgIpc) is 2.28. The summed E-state index contributed by atoms with van der Waals surface area (Å²) in [7, 11) is 0. The maximum atomic E-state index is 9.48. The summed E-state index contributed by atoms with van der Waals surface area (Å²) in [6.07, 6.45) is 0.908. The third-order valence-electron chi connectivity index (χ3n) is 3.00. The SMILES string of the molecule is CCC#CC(C)C(C)c1ccc(O)c(C)c1.